The Hall–Kier alpha value is -2.52. The van der Waals surface area contributed by atoms with Gasteiger partial charge in [-0.3, -0.25) is 9.59 Å². The monoisotopic (exact) mass is 435 g/mol. The number of carboxylic acids is 1. The van der Waals surface area contributed by atoms with Crippen LogP contribution in [0.4, 0.5) is 0 Å². The van der Waals surface area contributed by atoms with Crippen molar-refractivity contribution < 1.29 is 24.0 Å². The number of aliphatic carboxylic acids is 1. The van der Waals surface area contributed by atoms with E-state index in [4.69, 9.17) is 16.1 Å². The van der Waals surface area contributed by atoms with E-state index in [1.165, 1.54) is 16.7 Å². The van der Waals surface area contributed by atoms with Crippen LogP contribution in [0, 0.1) is 6.92 Å². The van der Waals surface area contributed by atoms with Crippen LogP contribution in [0.5, 0.6) is 0 Å². The molecule has 1 aromatic heterocycles. The first-order valence-electron chi connectivity index (χ1n) is 8.87. The summed E-state index contributed by atoms with van der Waals surface area (Å²) in [5, 5.41) is 16.3. The predicted octanol–water partition coefficient (Wildman–Crippen LogP) is 2.55. The Morgan fingerprint density at radius 2 is 1.97 bits per heavy atom. The number of benzene rings is 1. The van der Waals surface area contributed by atoms with Crippen molar-refractivity contribution in [2.75, 3.05) is 0 Å². The van der Waals surface area contributed by atoms with Crippen LogP contribution in [0.3, 0.4) is 0 Å². The number of thioether (sulfide) groups is 1. The zero-order valence-electron chi connectivity index (χ0n) is 15.8. The molecule has 2 aromatic rings. The van der Waals surface area contributed by atoms with Crippen molar-refractivity contribution >= 4 is 41.1 Å². The second-order valence-electron chi connectivity index (χ2n) is 7.52. The van der Waals surface area contributed by atoms with Gasteiger partial charge in [0.15, 0.2) is 0 Å². The molecular formula is C19H18ClN3O5S. The molecule has 3 atom stereocenters. The number of rotatable bonds is 4. The maximum atomic E-state index is 13.0. The van der Waals surface area contributed by atoms with Gasteiger partial charge < -0.3 is 19.8 Å². The molecule has 8 nitrogen and oxygen atoms in total. The smallest absolute Gasteiger partial charge is 0.327 e. The van der Waals surface area contributed by atoms with Gasteiger partial charge in [-0.15, -0.1) is 11.8 Å². The molecule has 152 valence electrons. The summed E-state index contributed by atoms with van der Waals surface area (Å²) in [6, 6.07) is 5.07. The fourth-order valence-electron chi connectivity index (χ4n) is 3.80. The molecule has 2 amide bonds. The van der Waals surface area contributed by atoms with Crippen molar-refractivity contribution in [3.63, 3.8) is 0 Å². The standard InChI is InChI=1S/C19H18ClN3O5S/c1-8-11(12(22-28-8)9-4-6-10(20)7-5-9)15(24)21-13-16(25)23-14(18(26)27)19(2,3)29-17(13)23/h4-7,13-14,17H,1-3H3,(H,21,24)(H,26,27). The molecule has 2 aliphatic heterocycles. The highest BCUT2D eigenvalue weighted by atomic mass is 35.5. The third-order valence-corrected chi connectivity index (χ3v) is 6.99. The van der Waals surface area contributed by atoms with Gasteiger partial charge in [0.2, 0.25) is 5.91 Å². The molecule has 0 radical (unpaired) electrons. The number of fused-ring (bicyclic) bond motifs is 1. The van der Waals surface area contributed by atoms with E-state index in [9.17, 15) is 19.5 Å². The van der Waals surface area contributed by atoms with Crippen molar-refractivity contribution in [2.45, 2.75) is 43.0 Å². The van der Waals surface area contributed by atoms with Crippen LogP contribution in [-0.4, -0.2) is 55.2 Å². The molecule has 3 heterocycles. The Morgan fingerprint density at radius 1 is 1.31 bits per heavy atom. The SMILES string of the molecule is Cc1onc(-c2ccc(Cl)cc2)c1C(=O)NC1C(=O)N2C1SC(C)(C)C2C(=O)O. The highest BCUT2D eigenvalue weighted by molar-refractivity contribution is 8.01. The molecule has 0 bridgehead atoms. The number of amides is 2. The molecule has 0 aliphatic carbocycles. The number of nitrogens with zero attached hydrogens (tertiary/aromatic N) is 2. The van der Waals surface area contributed by atoms with Crippen LogP contribution in [0.25, 0.3) is 11.3 Å². The molecule has 2 aliphatic rings. The number of halogens is 1. The number of carboxylic acid groups (broad SMARTS) is 1. The van der Waals surface area contributed by atoms with Gasteiger partial charge in [-0.05, 0) is 32.9 Å². The lowest BCUT2D eigenvalue weighted by Crippen LogP contribution is -2.70. The van der Waals surface area contributed by atoms with E-state index in [0.717, 1.165) is 0 Å². The number of hydrogen-bond donors (Lipinski definition) is 2. The Labute approximate surface area is 175 Å². The number of hydrogen-bond acceptors (Lipinski definition) is 6. The Morgan fingerprint density at radius 3 is 2.59 bits per heavy atom. The number of carbonyl (C=O) groups excluding carboxylic acids is 2. The summed E-state index contributed by atoms with van der Waals surface area (Å²) in [4.78, 5) is 38.5. The highest BCUT2D eigenvalue weighted by Crippen LogP contribution is 2.50. The van der Waals surface area contributed by atoms with E-state index < -0.39 is 40.0 Å². The molecule has 2 saturated heterocycles. The van der Waals surface area contributed by atoms with Crippen LogP contribution in [0.2, 0.25) is 5.02 Å². The average molecular weight is 436 g/mol. The van der Waals surface area contributed by atoms with Gasteiger partial charge in [-0.25, -0.2) is 4.79 Å². The minimum Gasteiger partial charge on any atom is -0.480 e. The molecule has 29 heavy (non-hydrogen) atoms. The summed E-state index contributed by atoms with van der Waals surface area (Å²) in [6.45, 7) is 5.18. The van der Waals surface area contributed by atoms with Crippen LogP contribution < -0.4 is 5.32 Å². The van der Waals surface area contributed by atoms with Crippen LogP contribution in [-0.2, 0) is 9.59 Å². The van der Waals surface area contributed by atoms with Gasteiger partial charge in [0.25, 0.3) is 5.91 Å². The van der Waals surface area contributed by atoms with E-state index in [1.807, 2.05) is 0 Å². The number of carbonyl (C=O) groups is 3. The van der Waals surface area contributed by atoms with Gasteiger partial charge in [0, 0.05) is 15.3 Å². The molecule has 0 spiro atoms. The average Bonchev–Trinajstić information content (AvgIpc) is 3.15. The lowest BCUT2D eigenvalue weighted by Gasteiger charge is -2.43. The molecule has 4 rings (SSSR count). The fourth-order valence-corrected chi connectivity index (χ4v) is 5.55. The molecular weight excluding hydrogens is 418 g/mol. The third-order valence-electron chi connectivity index (χ3n) is 5.17. The van der Waals surface area contributed by atoms with Crippen molar-refractivity contribution in [2.24, 2.45) is 0 Å². The first-order chi connectivity index (χ1) is 13.6. The zero-order valence-corrected chi connectivity index (χ0v) is 17.4. The van der Waals surface area contributed by atoms with E-state index in [1.54, 1.807) is 45.0 Å². The number of nitrogens with one attached hydrogen (secondary N) is 1. The molecule has 3 unspecified atom stereocenters. The molecule has 0 saturated carbocycles. The van der Waals surface area contributed by atoms with E-state index >= 15 is 0 Å². The first kappa shape index (κ1) is 19.8. The first-order valence-corrected chi connectivity index (χ1v) is 10.1. The number of aryl methyl sites for hydroxylation is 1. The van der Waals surface area contributed by atoms with E-state index in [-0.39, 0.29) is 5.56 Å². The van der Waals surface area contributed by atoms with Gasteiger partial charge in [0.05, 0.1) is 0 Å². The van der Waals surface area contributed by atoms with Crippen molar-refractivity contribution in [1.29, 1.82) is 0 Å². The summed E-state index contributed by atoms with van der Waals surface area (Å²) in [5.41, 5.74) is 1.24. The van der Waals surface area contributed by atoms with E-state index in [2.05, 4.69) is 10.5 Å². The summed E-state index contributed by atoms with van der Waals surface area (Å²) < 4.78 is 4.55. The lowest BCUT2D eigenvalue weighted by atomic mass is 9.95. The van der Waals surface area contributed by atoms with Gasteiger partial charge in [-0.1, -0.05) is 28.9 Å². The minimum absolute atomic E-state index is 0.232. The van der Waals surface area contributed by atoms with Crippen LogP contribution >= 0.6 is 23.4 Å². The summed E-state index contributed by atoms with van der Waals surface area (Å²) in [5.74, 6) is -1.64. The van der Waals surface area contributed by atoms with Crippen molar-refractivity contribution in [3.05, 3.63) is 40.6 Å². The largest absolute Gasteiger partial charge is 0.480 e. The van der Waals surface area contributed by atoms with Crippen LogP contribution in [0.15, 0.2) is 28.8 Å². The normalized spacial score (nSPS) is 24.8. The summed E-state index contributed by atoms with van der Waals surface area (Å²) in [6.07, 6.45) is 0. The second kappa shape index (κ2) is 6.77. The van der Waals surface area contributed by atoms with Gasteiger partial charge in [0.1, 0.15) is 34.5 Å². The molecule has 1 aromatic carbocycles. The van der Waals surface area contributed by atoms with Crippen molar-refractivity contribution in [1.82, 2.24) is 15.4 Å². The Balaban J connectivity index is 1.58. The second-order valence-corrected chi connectivity index (χ2v) is 9.73. The Kier molecular flexibility index (Phi) is 4.62. The van der Waals surface area contributed by atoms with Crippen molar-refractivity contribution in [3.8, 4) is 11.3 Å². The maximum Gasteiger partial charge on any atom is 0.327 e. The molecule has 10 heteroatoms. The minimum atomic E-state index is -1.05. The third kappa shape index (κ3) is 3.08. The van der Waals surface area contributed by atoms with Crippen LogP contribution in [0.1, 0.15) is 30.0 Å². The summed E-state index contributed by atoms with van der Waals surface area (Å²) in [7, 11) is 0. The zero-order chi connectivity index (χ0) is 21.1. The predicted molar refractivity (Wildman–Crippen MR) is 107 cm³/mol. The Bertz CT molecular complexity index is 1020. The summed E-state index contributed by atoms with van der Waals surface area (Å²) >= 11 is 7.28. The number of β-lactam (4-membered cyclic amide) rings is 1. The molecule has 2 fully saturated rings. The number of aromatic nitrogens is 1. The lowest BCUT2D eigenvalue weighted by molar-refractivity contribution is -0.159. The molecule has 2 N–H and O–H groups in total. The maximum absolute atomic E-state index is 13.0. The van der Waals surface area contributed by atoms with Gasteiger partial charge in [-0.2, -0.15) is 0 Å². The fraction of sp³-hybridized carbons (Fsp3) is 0.368. The van der Waals surface area contributed by atoms with E-state index in [0.29, 0.717) is 22.0 Å². The van der Waals surface area contributed by atoms with Gasteiger partial charge >= 0.3 is 5.97 Å². The topological polar surface area (TPSA) is 113 Å². The quantitative estimate of drug-likeness (QED) is 0.709. The highest BCUT2D eigenvalue weighted by Gasteiger charge is 2.64.